The predicted molar refractivity (Wildman–Crippen MR) is 160 cm³/mol. The highest BCUT2D eigenvalue weighted by Crippen LogP contribution is 2.29. The lowest BCUT2D eigenvalue weighted by Crippen LogP contribution is -2.57. The fraction of sp³-hybridized carbons (Fsp3) is 0.467. The van der Waals surface area contributed by atoms with Gasteiger partial charge in [0.2, 0.25) is 0 Å². The number of pyridine rings is 2. The first-order chi connectivity index (χ1) is 19.6. The summed E-state index contributed by atoms with van der Waals surface area (Å²) in [4.78, 5) is 40.4. The predicted octanol–water partition coefficient (Wildman–Crippen LogP) is 4.24. The average Bonchev–Trinajstić information content (AvgIpc) is 3.67. The molecule has 10 rings (SSSR count). The fourth-order valence-corrected chi connectivity index (χ4v) is 8.19. The van der Waals surface area contributed by atoms with E-state index >= 15 is 0 Å². The highest BCUT2D eigenvalue weighted by Gasteiger charge is 2.36. The van der Waals surface area contributed by atoms with Crippen molar-refractivity contribution in [1.82, 2.24) is 30.4 Å². The van der Waals surface area contributed by atoms with Gasteiger partial charge >= 0.3 is 0 Å². The Bertz CT molecular complexity index is 1400. The number of amides is 2. The van der Waals surface area contributed by atoms with E-state index in [1.165, 1.54) is 51.9 Å². The molecule has 0 unspecified atom stereocenters. The third-order valence-corrected chi connectivity index (χ3v) is 10.7. The molecule has 40 heavy (non-hydrogen) atoms. The molecule has 6 fully saturated rings. The van der Waals surface area contributed by atoms with Crippen molar-refractivity contribution >= 4 is 54.9 Å². The number of carbonyl (C=O) groups is 2. The second-order valence-electron chi connectivity index (χ2n) is 11.5. The van der Waals surface area contributed by atoms with Crippen LogP contribution in [0, 0.1) is 11.8 Å². The summed E-state index contributed by atoms with van der Waals surface area (Å²) in [6, 6.07) is 10.4. The molecule has 10 heterocycles. The van der Waals surface area contributed by atoms with Gasteiger partial charge in [0.1, 0.15) is 15.4 Å². The molecular formula is C30H34N6O2S2. The summed E-state index contributed by atoms with van der Waals surface area (Å²) in [7, 11) is 0. The largest absolute Gasteiger partial charge is 0.348 e. The summed E-state index contributed by atoms with van der Waals surface area (Å²) in [5.74, 6) is 1.29. The molecule has 4 bridgehead atoms. The number of rotatable bonds is 4. The van der Waals surface area contributed by atoms with Gasteiger partial charge in [-0.1, -0.05) is 0 Å². The fourth-order valence-electron chi connectivity index (χ4n) is 6.71. The van der Waals surface area contributed by atoms with Crippen LogP contribution in [0.15, 0.2) is 47.3 Å². The Kier molecular flexibility index (Phi) is 7.26. The summed E-state index contributed by atoms with van der Waals surface area (Å²) in [6.07, 6.45) is 6.54. The van der Waals surface area contributed by atoms with Gasteiger partial charge in [-0.05, 0) is 105 Å². The topological polar surface area (TPSA) is 90.5 Å². The summed E-state index contributed by atoms with van der Waals surface area (Å²) in [5, 5.41) is 12.6. The maximum atomic E-state index is 12.4. The Morgan fingerprint density at radius 1 is 0.750 bits per heavy atom. The Morgan fingerprint density at radius 3 is 1.98 bits per heavy atom. The SMILES string of the molecule is O=C(N[C@@H]1CN2CCC1CC2)c1ccc2ccsc2n1.O=C(N[C@@H]1CN2CCC1CC2)c1cnc2sccc2c1. The summed E-state index contributed by atoms with van der Waals surface area (Å²) in [6.45, 7) is 6.77. The van der Waals surface area contributed by atoms with Crippen LogP contribution in [0.1, 0.15) is 46.5 Å². The molecule has 10 heteroatoms. The number of nitrogens with zero attached hydrogens (tertiary/aromatic N) is 4. The summed E-state index contributed by atoms with van der Waals surface area (Å²) in [5.41, 5.74) is 1.21. The van der Waals surface area contributed by atoms with Crippen LogP contribution >= 0.6 is 22.7 Å². The second-order valence-corrected chi connectivity index (χ2v) is 13.3. The Balaban J connectivity index is 0.000000132. The van der Waals surface area contributed by atoms with Gasteiger partial charge in [0.25, 0.3) is 11.8 Å². The molecule has 0 aromatic carbocycles. The van der Waals surface area contributed by atoms with Crippen LogP contribution in [0.25, 0.3) is 20.4 Å². The molecule has 6 aliphatic heterocycles. The van der Waals surface area contributed by atoms with Crippen molar-refractivity contribution in [2.24, 2.45) is 11.8 Å². The quantitative estimate of drug-likeness (QED) is 0.379. The molecule has 2 amide bonds. The maximum absolute atomic E-state index is 12.4. The minimum Gasteiger partial charge on any atom is -0.348 e. The molecule has 4 aromatic heterocycles. The van der Waals surface area contributed by atoms with Crippen molar-refractivity contribution < 1.29 is 9.59 Å². The first-order valence-electron chi connectivity index (χ1n) is 14.3. The van der Waals surface area contributed by atoms with Crippen LogP contribution in [-0.2, 0) is 0 Å². The van der Waals surface area contributed by atoms with E-state index in [1.807, 2.05) is 41.1 Å². The Hall–Kier alpha value is -2.92. The van der Waals surface area contributed by atoms with Crippen molar-refractivity contribution in [1.29, 1.82) is 0 Å². The van der Waals surface area contributed by atoms with E-state index in [2.05, 4.69) is 30.4 Å². The van der Waals surface area contributed by atoms with Crippen LogP contribution in [-0.4, -0.2) is 82.9 Å². The van der Waals surface area contributed by atoms with Crippen LogP contribution in [0.3, 0.4) is 0 Å². The van der Waals surface area contributed by atoms with Gasteiger partial charge in [-0.3, -0.25) is 9.59 Å². The average molecular weight is 575 g/mol. The zero-order valence-electron chi connectivity index (χ0n) is 22.4. The van der Waals surface area contributed by atoms with Gasteiger partial charge in [0.05, 0.1) is 5.56 Å². The monoisotopic (exact) mass is 574 g/mol. The van der Waals surface area contributed by atoms with Gasteiger partial charge < -0.3 is 20.4 Å². The van der Waals surface area contributed by atoms with Crippen molar-refractivity contribution in [2.75, 3.05) is 39.3 Å². The summed E-state index contributed by atoms with van der Waals surface area (Å²) < 4.78 is 0. The van der Waals surface area contributed by atoms with E-state index in [0.717, 1.165) is 33.5 Å². The second kappa shape index (κ2) is 11.2. The minimum atomic E-state index is -0.0287. The van der Waals surface area contributed by atoms with Gasteiger partial charge in [-0.2, -0.15) is 0 Å². The molecule has 2 atom stereocenters. The first kappa shape index (κ1) is 26.0. The van der Waals surface area contributed by atoms with Gasteiger partial charge in [-0.25, -0.2) is 9.97 Å². The van der Waals surface area contributed by atoms with Crippen molar-refractivity contribution in [2.45, 2.75) is 37.8 Å². The van der Waals surface area contributed by atoms with Gasteiger partial charge in [0, 0.05) is 42.1 Å². The molecule has 0 spiro atoms. The minimum absolute atomic E-state index is 0.0179. The first-order valence-corrected chi connectivity index (χ1v) is 16.1. The van der Waals surface area contributed by atoms with E-state index in [4.69, 9.17) is 0 Å². The highest BCUT2D eigenvalue weighted by atomic mass is 32.1. The molecular weight excluding hydrogens is 541 g/mol. The van der Waals surface area contributed by atoms with Crippen LogP contribution in [0.2, 0.25) is 0 Å². The number of carbonyl (C=O) groups excluding carboxylic acids is 2. The van der Waals surface area contributed by atoms with Crippen LogP contribution in [0.4, 0.5) is 0 Å². The lowest BCUT2D eigenvalue weighted by molar-refractivity contribution is 0.0615. The van der Waals surface area contributed by atoms with Crippen molar-refractivity contribution in [3.63, 3.8) is 0 Å². The maximum Gasteiger partial charge on any atom is 0.270 e. The molecule has 4 aromatic rings. The van der Waals surface area contributed by atoms with Crippen molar-refractivity contribution in [3.05, 3.63) is 58.5 Å². The standard InChI is InChI=1S/2C15H17N3OS/c19-14(12-7-11-3-6-20-15(11)16-8-12)17-13-9-18-4-1-10(13)2-5-18;19-14(12-2-1-11-5-8-20-15(11)17-12)16-13-9-18-6-3-10(13)4-7-18/h3,6-8,10,13H,1-2,4-5,9H2,(H,17,19);1-2,5,8,10,13H,3-4,6-7,9H2,(H,16,19)/t2*13-/m11/s1. The smallest absolute Gasteiger partial charge is 0.270 e. The molecule has 0 aliphatic carbocycles. The number of nitrogens with one attached hydrogen (secondary N) is 2. The normalized spacial score (nSPS) is 28.7. The molecule has 6 aliphatic rings. The zero-order chi connectivity index (χ0) is 27.1. The number of aromatic nitrogens is 2. The Morgan fingerprint density at radius 2 is 1.35 bits per heavy atom. The number of piperidine rings is 6. The molecule has 0 saturated carbocycles. The van der Waals surface area contributed by atoms with Gasteiger partial charge in [0.15, 0.2) is 0 Å². The number of thiophene rings is 2. The number of fused-ring (bicyclic) bond motifs is 8. The molecule has 6 saturated heterocycles. The molecule has 8 nitrogen and oxygen atoms in total. The summed E-state index contributed by atoms with van der Waals surface area (Å²) >= 11 is 3.18. The van der Waals surface area contributed by atoms with Crippen molar-refractivity contribution in [3.8, 4) is 0 Å². The number of hydrogen-bond acceptors (Lipinski definition) is 8. The lowest BCUT2D eigenvalue weighted by Gasteiger charge is -2.44. The highest BCUT2D eigenvalue weighted by molar-refractivity contribution is 7.17. The third-order valence-electron chi connectivity index (χ3n) is 9.06. The van der Waals surface area contributed by atoms with Gasteiger partial charge in [-0.15, -0.1) is 22.7 Å². The third kappa shape index (κ3) is 5.37. The van der Waals surface area contributed by atoms with E-state index in [0.29, 0.717) is 35.2 Å². The van der Waals surface area contributed by atoms with E-state index in [1.54, 1.807) is 28.9 Å². The zero-order valence-corrected chi connectivity index (χ0v) is 24.1. The van der Waals surface area contributed by atoms with E-state index in [9.17, 15) is 9.59 Å². The van der Waals surface area contributed by atoms with Crippen LogP contribution in [0.5, 0.6) is 0 Å². The molecule has 2 N–H and O–H groups in total. The van der Waals surface area contributed by atoms with E-state index < -0.39 is 0 Å². The molecule has 208 valence electrons. The Labute approximate surface area is 241 Å². The van der Waals surface area contributed by atoms with Crippen LogP contribution < -0.4 is 10.6 Å². The van der Waals surface area contributed by atoms with E-state index in [-0.39, 0.29) is 11.8 Å². The molecule has 0 radical (unpaired) electrons. The lowest BCUT2D eigenvalue weighted by atomic mass is 9.84. The number of hydrogen-bond donors (Lipinski definition) is 2.